The number of aryl methyl sites for hydroxylation is 1. The average molecular weight is 188 g/mol. The molecule has 72 valence electrons. The van der Waals surface area contributed by atoms with Crippen LogP contribution in [0.5, 0.6) is 0 Å². The number of carbonyl (C=O) groups excluding carboxylic acids is 1. The van der Waals surface area contributed by atoms with E-state index in [2.05, 4.69) is 10.3 Å². The fourth-order valence-electron chi connectivity index (χ4n) is 1.41. The maximum atomic E-state index is 10.2. The lowest BCUT2D eigenvalue weighted by atomic mass is 10.1. The Hall–Kier alpha value is -1.60. The summed E-state index contributed by atoms with van der Waals surface area (Å²) in [5, 5.41) is 3.36. The molecule has 3 nitrogen and oxygen atoms in total. The van der Waals surface area contributed by atoms with E-state index in [1.165, 1.54) is 12.8 Å². The molecule has 1 saturated carbocycles. The van der Waals surface area contributed by atoms with E-state index in [0.29, 0.717) is 11.7 Å². The highest BCUT2D eigenvalue weighted by atomic mass is 16.1. The first-order chi connectivity index (χ1) is 6.81. The number of aliphatic imine (C=N–C) groups is 1. The van der Waals surface area contributed by atoms with Crippen LogP contribution >= 0.6 is 0 Å². The third kappa shape index (κ3) is 1.83. The predicted molar refractivity (Wildman–Crippen MR) is 55.6 cm³/mol. The first-order valence-corrected chi connectivity index (χ1v) is 4.75. The zero-order valence-electron chi connectivity index (χ0n) is 8.08. The third-order valence-corrected chi connectivity index (χ3v) is 2.34. The van der Waals surface area contributed by atoms with Gasteiger partial charge in [-0.3, -0.25) is 0 Å². The van der Waals surface area contributed by atoms with Crippen LogP contribution in [-0.4, -0.2) is 12.1 Å². The summed E-state index contributed by atoms with van der Waals surface area (Å²) in [5.74, 6) is 0. The van der Waals surface area contributed by atoms with Crippen LogP contribution in [0, 0.1) is 6.92 Å². The predicted octanol–water partition coefficient (Wildman–Crippen LogP) is 2.54. The second kappa shape index (κ2) is 3.64. The quantitative estimate of drug-likeness (QED) is 0.585. The largest absolute Gasteiger partial charge is 0.380 e. The molecule has 14 heavy (non-hydrogen) atoms. The van der Waals surface area contributed by atoms with Crippen LogP contribution in [0.4, 0.5) is 11.4 Å². The average Bonchev–Trinajstić information content (AvgIpc) is 2.95. The van der Waals surface area contributed by atoms with E-state index < -0.39 is 0 Å². The van der Waals surface area contributed by atoms with Crippen LogP contribution in [0.25, 0.3) is 0 Å². The molecule has 1 aromatic rings. The second-order valence-corrected chi connectivity index (χ2v) is 3.59. The maximum absolute atomic E-state index is 10.2. The molecule has 1 aliphatic carbocycles. The molecule has 1 aromatic carbocycles. The Bertz CT molecular complexity index is 390. The van der Waals surface area contributed by atoms with Gasteiger partial charge in [0, 0.05) is 6.04 Å². The molecule has 0 radical (unpaired) electrons. The van der Waals surface area contributed by atoms with Gasteiger partial charge in [0.15, 0.2) is 0 Å². The van der Waals surface area contributed by atoms with Crippen molar-refractivity contribution in [3.05, 3.63) is 23.8 Å². The van der Waals surface area contributed by atoms with Crippen LogP contribution in [0.1, 0.15) is 18.4 Å². The zero-order chi connectivity index (χ0) is 9.97. The minimum atomic E-state index is 0.566. The van der Waals surface area contributed by atoms with Crippen molar-refractivity contribution in [1.29, 1.82) is 0 Å². The minimum Gasteiger partial charge on any atom is -0.380 e. The molecule has 0 unspecified atom stereocenters. The third-order valence-electron chi connectivity index (χ3n) is 2.34. The molecule has 0 aromatic heterocycles. The topological polar surface area (TPSA) is 41.5 Å². The molecule has 3 heteroatoms. The van der Waals surface area contributed by atoms with E-state index in [-0.39, 0.29) is 0 Å². The van der Waals surface area contributed by atoms with Crippen molar-refractivity contribution in [2.45, 2.75) is 25.8 Å². The minimum absolute atomic E-state index is 0.566. The van der Waals surface area contributed by atoms with Gasteiger partial charge < -0.3 is 5.32 Å². The van der Waals surface area contributed by atoms with E-state index >= 15 is 0 Å². The summed E-state index contributed by atoms with van der Waals surface area (Å²) in [6, 6.07) is 6.29. The first-order valence-electron chi connectivity index (χ1n) is 4.75. The lowest BCUT2D eigenvalue weighted by molar-refractivity contribution is 0.565. The SMILES string of the molecule is Cc1cccc(N=C=O)c1NC1CC1. The van der Waals surface area contributed by atoms with Gasteiger partial charge in [-0.25, -0.2) is 4.79 Å². The highest BCUT2D eigenvalue weighted by molar-refractivity contribution is 5.72. The molecule has 0 atom stereocenters. The number of nitrogens with one attached hydrogen (secondary N) is 1. The second-order valence-electron chi connectivity index (χ2n) is 3.59. The van der Waals surface area contributed by atoms with Crippen LogP contribution in [0.2, 0.25) is 0 Å². The van der Waals surface area contributed by atoms with E-state index in [9.17, 15) is 4.79 Å². The van der Waals surface area contributed by atoms with Crippen molar-refractivity contribution in [1.82, 2.24) is 0 Å². The molecular formula is C11H12N2O. The van der Waals surface area contributed by atoms with Crippen molar-refractivity contribution >= 4 is 17.5 Å². The van der Waals surface area contributed by atoms with Gasteiger partial charge >= 0.3 is 0 Å². The molecule has 0 amide bonds. The van der Waals surface area contributed by atoms with E-state index in [1.807, 2.05) is 25.1 Å². The Morgan fingerprint density at radius 2 is 2.29 bits per heavy atom. The number of hydrogen-bond donors (Lipinski definition) is 1. The summed E-state index contributed by atoms with van der Waals surface area (Å²) in [6.45, 7) is 2.01. The number of nitrogens with zero attached hydrogens (tertiary/aromatic N) is 1. The monoisotopic (exact) mass is 188 g/mol. The van der Waals surface area contributed by atoms with E-state index in [4.69, 9.17) is 0 Å². The summed E-state index contributed by atoms with van der Waals surface area (Å²) >= 11 is 0. The number of isocyanates is 1. The van der Waals surface area contributed by atoms with Gasteiger partial charge in [0.25, 0.3) is 0 Å². The Labute approximate surface area is 82.9 Å². The highest BCUT2D eigenvalue weighted by Gasteiger charge is 2.22. The van der Waals surface area contributed by atoms with Crippen LogP contribution < -0.4 is 5.32 Å². The summed E-state index contributed by atoms with van der Waals surface area (Å²) in [7, 11) is 0. The van der Waals surface area contributed by atoms with Gasteiger partial charge in [-0.05, 0) is 31.4 Å². The Balaban J connectivity index is 2.35. The molecule has 0 aliphatic heterocycles. The zero-order valence-corrected chi connectivity index (χ0v) is 8.08. The Kier molecular flexibility index (Phi) is 2.33. The van der Waals surface area contributed by atoms with E-state index in [1.54, 1.807) is 6.08 Å². The Morgan fingerprint density at radius 1 is 1.50 bits per heavy atom. The highest BCUT2D eigenvalue weighted by Crippen LogP contribution is 2.33. The molecule has 1 aliphatic rings. The molecule has 2 rings (SSSR count). The van der Waals surface area contributed by atoms with Crippen molar-refractivity contribution in [2.75, 3.05) is 5.32 Å². The van der Waals surface area contributed by atoms with Crippen molar-refractivity contribution in [2.24, 2.45) is 4.99 Å². The van der Waals surface area contributed by atoms with E-state index in [0.717, 1.165) is 11.3 Å². The number of anilines is 1. The first kappa shape index (κ1) is 8.97. The van der Waals surface area contributed by atoms with Gasteiger partial charge in [-0.15, -0.1) is 0 Å². The van der Waals surface area contributed by atoms with Gasteiger partial charge in [0.1, 0.15) is 0 Å². The molecule has 0 heterocycles. The summed E-state index contributed by atoms with van der Waals surface area (Å²) in [5.41, 5.74) is 2.78. The molecule has 0 bridgehead atoms. The lowest BCUT2D eigenvalue weighted by Gasteiger charge is -2.09. The smallest absolute Gasteiger partial charge is 0.240 e. The van der Waals surface area contributed by atoms with Crippen LogP contribution in [-0.2, 0) is 4.79 Å². The molecular weight excluding hydrogens is 176 g/mol. The molecule has 0 spiro atoms. The van der Waals surface area contributed by atoms with Crippen LogP contribution in [0.3, 0.4) is 0 Å². The number of hydrogen-bond acceptors (Lipinski definition) is 3. The Morgan fingerprint density at radius 3 is 2.93 bits per heavy atom. The van der Waals surface area contributed by atoms with Crippen molar-refractivity contribution in [3.8, 4) is 0 Å². The van der Waals surface area contributed by atoms with Gasteiger partial charge in [0.05, 0.1) is 11.4 Å². The number of para-hydroxylation sites is 1. The molecule has 0 saturated heterocycles. The summed E-state index contributed by atoms with van der Waals surface area (Å²) < 4.78 is 0. The van der Waals surface area contributed by atoms with Crippen molar-refractivity contribution in [3.63, 3.8) is 0 Å². The van der Waals surface area contributed by atoms with Gasteiger partial charge in [-0.2, -0.15) is 4.99 Å². The van der Waals surface area contributed by atoms with Gasteiger partial charge in [-0.1, -0.05) is 12.1 Å². The molecule has 1 fully saturated rings. The fourth-order valence-corrected chi connectivity index (χ4v) is 1.41. The fraction of sp³-hybridized carbons (Fsp3) is 0.364. The van der Waals surface area contributed by atoms with Crippen LogP contribution in [0.15, 0.2) is 23.2 Å². The summed E-state index contributed by atoms with van der Waals surface area (Å²) in [6.07, 6.45) is 3.99. The number of rotatable bonds is 3. The lowest BCUT2D eigenvalue weighted by Crippen LogP contribution is -2.02. The summed E-state index contributed by atoms with van der Waals surface area (Å²) in [4.78, 5) is 13.9. The van der Waals surface area contributed by atoms with Gasteiger partial charge in [0.2, 0.25) is 6.08 Å². The van der Waals surface area contributed by atoms with Crippen molar-refractivity contribution < 1.29 is 4.79 Å². The maximum Gasteiger partial charge on any atom is 0.240 e. The number of benzene rings is 1. The normalized spacial score (nSPS) is 14.6. The molecule has 1 N–H and O–H groups in total. The standard InChI is InChI=1S/C11H12N2O/c1-8-3-2-4-10(12-7-14)11(8)13-9-5-6-9/h2-4,9,13H,5-6H2,1H3.